The molecule has 4 rings (SSSR count). The van der Waals surface area contributed by atoms with Crippen LogP contribution < -0.4 is 26.4 Å². The van der Waals surface area contributed by atoms with Gasteiger partial charge in [-0.3, -0.25) is 0 Å². The Kier molecular flexibility index (Phi) is 8.38. The molecule has 0 radical (unpaired) electrons. The van der Waals surface area contributed by atoms with Crippen molar-refractivity contribution < 1.29 is 35.4 Å². The number of ether oxygens (including phenoxy) is 1. The van der Waals surface area contributed by atoms with Gasteiger partial charge in [0.05, 0.1) is 0 Å². The molecule has 0 saturated carbocycles. The number of aryl methyl sites for hydroxylation is 1. The first kappa shape index (κ1) is 26.2. The quantitative estimate of drug-likeness (QED) is 0.350. The van der Waals surface area contributed by atoms with Gasteiger partial charge in [-0.05, 0) is 20.8 Å². The maximum absolute atomic E-state index is 15.0. The molecular weight excluding hydrogens is 548 g/mol. The van der Waals surface area contributed by atoms with Gasteiger partial charge in [-0.1, -0.05) is 13.8 Å². The first-order chi connectivity index (χ1) is 16.2. The van der Waals surface area contributed by atoms with Crippen molar-refractivity contribution in [3.8, 4) is 11.1 Å². The molecule has 7 nitrogen and oxygen atoms in total. The normalized spacial score (nSPS) is 14.2. The number of halogens is 2. The number of hydrogen-bond acceptors (Lipinski definition) is 5. The number of amides is 1. The molecule has 0 spiro atoms. The molecule has 0 aromatic carbocycles. The van der Waals surface area contributed by atoms with Crippen molar-refractivity contribution in [1.82, 2.24) is 17.6 Å². The topological polar surface area (TPSA) is 63.5 Å². The van der Waals surface area contributed by atoms with Gasteiger partial charge in [-0.2, -0.15) is 0 Å². The van der Waals surface area contributed by atoms with Crippen molar-refractivity contribution >= 4 is 22.9 Å². The number of fused-ring (bicyclic) bond motifs is 1. The number of alkyl halides is 1. The maximum atomic E-state index is 15.0. The Labute approximate surface area is 211 Å². The van der Waals surface area contributed by atoms with E-state index < -0.39 is 5.60 Å². The van der Waals surface area contributed by atoms with E-state index in [1.54, 1.807) is 17.3 Å². The molecule has 0 N–H and O–H groups in total. The summed E-state index contributed by atoms with van der Waals surface area (Å²) in [7, 11) is 0. The number of hydrogen-bond donors (Lipinski definition) is 0. The van der Waals surface area contributed by atoms with Gasteiger partial charge in [0.15, 0.2) is 0 Å². The number of nitrogens with zero attached hydrogens (tertiary/aromatic N) is 5. The van der Waals surface area contributed by atoms with E-state index in [1.807, 2.05) is 39.5 Å². The van der Waals surface area contributed by atoms with Gasteiger partial charge in [0.25, 0.3) is 0 Å². The van der Waals surface area contributed by atoms with E-state index in [0.29, 0.717) is 37.6 Å². The molecule has 1 fully saturated rings. The van der Waals surface area contributed by atoms with Crippen LogP contribution in [0.4, 0.5) is 15.0 Å². The van der Waals surface area contributed by atoms with Crippen LogP contribution in [0.15, 0.2) is 30.7 Å². The van der Waals surface area contributed by atoms with Gasteiger partial charge in [0.2, 0.25) is 0 Å². The Morgan fingerprint density at radius 2 is 1.68 bits per heavy atom. The van der Waals surface area contributed by atoms with E-state index in [2.05, 4.69) is 36.9 Å². The summed E-state index contributed by atoms with van der Waals surface area (Å²) in [6.45, 7) is 13.5. The van der Waals surface area contributed by atoms with Crippen LogP contribution in [0, 0.1) is 12.7 Å². The second-order valence-corrected chi connectivity index (χ2v) is 10.9. The third kappa shape index (κ3) is 5.79. The predicted molar refractivity (Wildman–Crippen MR) is 130 cm³/mol. The van der Waals surface area contributed by atoms with Crippen molar-refractivity contribution in [2.24, 2.45) is 0 Å². The molecule has 1 aliphatic rings. The van der Waals surface area contributed by atoms with Crippen LogP contribution in [0.5, 0.6) is 0 Å². The first-order valence-corrected chi connectivity index (χ1v) is 14.6. The van der Waals surface area contributed by atoms with Crippen LogP contribution in [0.1, 0.15) is 40.2 Å². The number of anilines is 1. The molecule has 1 amide bonds. The minimum absolute atomic E-state index is 0.126. The van der Waals surface area contributed by atoms with Gasteiger partial charge in [0.1, 0.15) is 5.60 Å². The Hall–Kier alpha value is -2.43. The Bertz CT molecular complexity index is 1150. The summed E-state index contributed by atoms with van der Waals surface area (Å²) in [5.41, 5.74) is 3.17. The zero-order valence-electron chi connectivity index (χ0n) is 21.0. The number of carbonyl (C=O) groups is 1. The Morgan fingerprint density at radius 3 is 2.26 bits per heavy atom. The van der Waals surface area contributed by atoms with E-state index in [0.717, 1.165) is 16.6 Å². The first-order valence-electron chi connectivity index (χ1n) is 11.5. The van der Waals surface area contributed by atoms with Crippen LogP contribution in [0.3, 0.4) is 0 Å². The summed E-state index contributed by atoms with van der Waals surface area (Å²) >= 11 is -0.126. The molecule has 1 aliphatic heterocycles. The summed E-state index contributed by atoms with van der Waals surface area (Å²) in [5.74, 6) is -0.0632. The van der Waals surface area contributed by atoms with Crippen molar-refractivity contribution in [3.63, 3.8) is 0 Å². The second kappa shape index (κ2) is 10.9. The van der Waals surface area contributed by atoms with Crippen molar-refractivity contribution in [2.75, 3.05) is 36.0 Å². The summed E-state index contributed by atoms with van der Waals surface area (Å²) in [6, 6.07) is 3.58. The average molecular weight is 582 g/mol. The minimum atomic E-state index is -0.533. The van der Waals surface area contributed by atoms with E-state index in [9.17, 15) is 4.79 Å². The van der Waals surface area contributed by atoms with Gasteiger partial charge in [-0.15, -0.1) is 0 Å². The molecule has 34 heavy (non-hydrogen) atoms. The average Bonchev–Trinajstić information content (AvgIpc) is 3.14. The number of carbonyl (C=O) groups excluding carboxylic acids is 1. The van der Waals surface area contributed by atoms with Crippen LogP contribution in [0.2, 0.25) is 0 Å². The van der Waals surface area contributed by atoms with E-state index in [1.165, 1.54) is 11.6 Å². The van der Waals surface area contributed by atoms with Crippen LogP contribution in [-0.2, 0) is 4.74 Å². The van der Waals surface area contributed by atoms with Gasteiger partial charge >= 0.3 is 158 Å². The number of rotatable bonds is 3. The molecule has 0 unspecified atom stereocenters. The third-order valence-electron chi connectivity index (χ3n) is 5.37. The molecule has 0 atom stereocenters. The molecule has 3 aromatic rings. The van der Waals surface area contributed by atoms with E-state index >= 15 is 4.39 Å². The summed E-state index contributed by atoms with van der Waals surface area (Å²) in [5, 5.41) is 1.09. The van der Waals surface area contributed by atoms with Crippen molar-refractivity contribution in [1.29, 1.82) is 0 Å². The summed E-state index contributed by atoms with van der Waals surface area (Å²) in [4.78, 5) is 27.0. The zero-order valence-corrected chi connectivity index (χ0v) is 23.2. The van der Waals surface area contributed by atoms with Crippen LogP contribution in [-0.4, -0.2) is 60.5 Å². The van der Waals surface area contributed by atoms with Crippen molar-refractivity contribution in [3.05, 3.63) is 42.1 Å². The SMILES string of the molecule is CC.C[I-]n1cc(C)c2cc(-c3cnc(N4CCN(C(=O)OC(C)(C)C)CC4)c(F)c3)cnc21. The van der Waals surface area contributed by atoms with Crippen molar-refractivity contribution in [2.45, 2.75) is 47.1 Å². The number of aromatic nitrogens is 3. The zero-order chi connectivity index (χ0) is 25.0. The standard InChI is InChI=1S/C23H28FIN5O2.C2H6/c1-15-14-30(25-5)20-18(15)10-16(12-26-20)17-11-19(24)21(27-13-17)28-6-8-29(9-7-28)22(31)32-23(2,3)4;1-2/h10-14H,6-9H2,1-5H3;1-2H3/q-1;. The fourth-order valence-electron chi connectivity index (χ4n) is 3.75. The monoisotopic (exact) mass is 582 g/mol. The van der Waals surface area contributed by atoms with E-state index in [-0.39, 0.29) is 33.4 Å². The van der Waals surface area contributed by atoms with Gasteiger partial charge < -0.3 is 9.64 Å². The Balaban J connectivity index is 0.00000158. The molecular formula is C25H34FIN5O2-. The fourth-order valence-corrected chi connectivity index (χ4v) is 5.29. The Morgan fingerprint density at radius 1 is 1.06 bits per heavy atom. The molecule has 186 valence electrons. The fraction of sp³-hybridized carbons (Fsp3) is 0.480. The molecule has 9 heteroatoms. The third-order valence-corrected chi connectivity index (χ3v) is 7.14. The predicted octanol–water partition coefficient (Wildman–Crippen LogP) is 2.11. The summed E-state index contributed by atoms with van der Waals surface area (Å²) in [6.07, 6.45) is 5.28. The number of piperazine rings is 1. The second-order valence-electron chi connectivity index (χ2n) is 8.87. The molecule has 4 heterocycles. The molecule has 3 aromatic heterocycles. The van der Waals surface area contributed by atoms with E-state index in [4.69, 9.17) is 4.74 Å². The molecule has 0 bridgehead atoms. The van der Waals surface area contributed by atoms with Crippen LogP contribution >= 0.6 is 0 Å². The number of pyridine rings is 2. The van der Waals surface area contributed by atoms with Gasteiger partial charge in [-0.25, -0.2) is 4.79 Å². The summed E-state index contributed by atoms with van der Waals surface area (Å²) < 4.78 is 22.7. The molecule has 0 aliphatic carbocycles. The van der Waals surface area contributed by atoms with Gasteiger partial charge in [0, 0.05) is 0 Å². The molecule has 1 saturated heterocycles. The van der Waals surface area contributed by atoms with Crippen LogP contribution in [0.25, 0.3) is 22.2 Å².